The molecular formula is C24H20F3N3O3S. The topological polar surface area (TPSA) is 69.7 Å². The van der Waals surface area contributed by atoms with Crippen LogP contribution in [0.5, 0.6) is 0 Å². The van der Waals surface area contributed by atoms with Gasteiger partial charge in [-0.2, -0.15) is 13.2 Å². The van der Waals surface area contributed by atoms with E-state index in [4.69, 9.17) is 0 Å². The van der Waals surface area contributed by atoms with Crippen LogP contribution >= 0.6 is 11.3 Å². The van der Waals surface area contributed by atoms with Gasteiger partial charge in [0.05, 0.1) is 21.7 Å². The largest absolute Gasteiger partial charge is 0.416 e. The van der Waals surface area contributed by atoms with Gasteiger partial charge in [-0.3, -0.25) is 14.4 Å². The predicted octanol–water partition coefficient (Wildman–Crippen LogP) is 4.62. The number of hydrogen-bond acceptors (Lipinski definition) is 4. The van der Waals surface area contributed by atoms with Crippen LogP contribution in [0.25, 0.3) is 0 Å². The minimum Gasteiger partial charge on any atom is -0.335 e. The molecule has 0 atom stereocenters. The molecule has 1 aliphatic heterocycles. The average molecular weight is 488 g/mol. The molecule has 2 aromatic carbocycles. The summed E-state index contributed by atoms with van der Waals surface area (Å²) in [6.45, 7) is 0.808. The Morgan fingerprint density at radius 1 is 0.824 bits per heavy atom. The van der Waals surface area contributed by atoms with Gasteiger partial charge >= 0.3 is 6.18 Å². The maximum absolute atomic E-state index is 13.1. The van der Waals surface area contributed by atoms with Gasteiger partial charge in [0.15, 0.2) is 0 Å². The van der Waals surface area contributed by atoms with Gasteiger partial charge in [0.1, 0.15) is 0 Å². The van der Waals surface area contributed by atoms with Crippen LogP contribution in [-0.2, 0) is 6.18 Å². The van der Waals surface area contributed by atoms with E-state index in [1.54, 1.807) is 46.7 Å². The molecule has 3 aromatic rings. The summed E-state index contributed by atoms with van der Waals surface area (Å²) in [5, 5.41) is 4.55. The fraction of sp³-hybridized carbons (Fsp3) is 0.208. The highest BCUT2D eigenvalue weighted by molar-refractivity contribution is 7.12. The first-order chi connectivity index (χ1) is 16.2. The van der Waals surface area contributed by atoms with Crippen LogP contribution in [0.3, 0.4) is 0 Å². The zero-order valence-corrected chi connectivity index (χ0v) is 18.7. The van der Waals surface area contributed by atoms with Crippen LogP contribution in [0.4, 0.5) is 18.9 Å². The summed E-state index contributed by atoms with van der Waals surface area (Å²) in [5.74, 6) is -1.12. The fourth-order valence-corrected chi connectivity index (χ4v) is 4.28. The van der Waals surface area contributed by atoms with E-state index in [2.05, 4.69) is 5.32 Å². The summed E-state index contributed by atoms with van der Waals surface area (Å²) in [6.07, 6.45) is -4.53. The Kier molecular flexibility index (Phi) is 6.69. The quantitative estimate of drug-likeness (QED) is 0.584. The third-order valence-electron chi connectivity index (χ3n) is 5.44. The van der Waals surface area contributed by atoms with Crippen molar-refractivity contribution in [3.05, 3.63) is 87.6 Å². The normalized spacial score (nSPS) is 14.1. The van der Waals surface area contributed by atoms with Crippen molar-refractivity contribution in [2.24, 2.45) is 0 Å². The number of carbonyl (C=O) groups excluding carboxylic acids is 3. The van der Waals surface area contributed by atoms with E-state index < -0.39 is 17.6 Å². The molecule has 1 N–H and O–H groups in total. The van der Waals surface area contributed by atoms with Crippen LogP contribution in [-0.4, -0.2) is 53.7 Å². The Balaban J connectivity index is 1.42. The van der Waals surface area contributed by atoms with Crippen LogP contribution in [0.15, 0.2) is 66.0 Å². The summed E-state index contributed by atoms with van der Waals surface area (Å²) in [6, 6.07) is 14.4. The molecular weight excluding hydrogens is 467 g/mol. The first kappa shape index (κ1) is 23.5. The maximum atomic E-state index is 13.1. The van der Waals surface area contributed by atoms with Crippen molar-refractivity contribution in [3.63, 3.8) is 0 Å². The molecule has 1 aliphatic rings. The summed E-state index contributed by atoms with van der Waals surface area (Å²) in [5.41, 5.74) is -0.219. The van der Waals surface area contributed by atoms with Gasteiger partial charge in [-0.05, 0) is 41.8 Å². The van der Waals surface area contributed by atoms with Crippen LogP contribution in [0, 0.1) is 0 Å². The number of para-hydroxylation sites is 1. The SMILES string of the molecule is O=C(Nc1ccccc1C(=O)N1CCN(C(=O)c2cccc(C(F)(F)F)c2)CC1)c1cccs1. The van der Waals surface area contributed by atoms with Crippen molar-refractivity contribution in [1.29, 1.82) is 0 Å². The lowest BCUT2D eigenvalue weighted by Gasteiger charge is -2.35. The molecule has 1 fully saturated rings. The van der Waals surface area contributed by atoms with Crippen molar-refractivity contribution in [1.82, 2.24) is 9.80 Å². The summed E-state index contributed by atoms with van der Waals surface area (Å²) in [4.78, 5) is 41.8. The number of piperazine rings is 1. The Labute approximate surface area is 197 Å². The molecule has 0 bridgehead atoms. The van der Waals surface area contributed by atoms with E-state index in [9.17, 15) is 27.6 Å². The van der Waals surface area contributed by atoms with E-state index in [0.717, 1.165) is 12.1 Å². The molecule has 34 heavy (non-hydrogen) atoms. The number of nitrogens with one attached hydrogen (secondary N) is 1. The highest BCUT2D eigenvalue weighted by Crippen LogP contribution is 2.30. The fourth-order valence-electron chi connectivity index (χ4n) is 3.66. The van der Waals surface area contributed by atoms with E-state index in [-0.39, 0.29) is 43.6 Å². The number of alkyl halides is 3. The summed E-state index contributed by atoms with van der Waals surface area (Å²) in [7, 11) is 0. The molecule has 0 aliphatic carbocycles. The second-order valence-corrected chi connectivity index (χ2v) is 8.59. The van der Waals surface area contributed by atoms with Gasteiger partial charge in [0.25, 0.3) is 17.7 Å². The Morgan fingerprint density at radius 3 is 2.15 bits per heavy atom. The number of rotatable bonds is 4. The van der Waals surface area contributed by atoms with E-state index in [1.165, 1.54) is 28.4 Å². The molecule has 0 spiro atoms. The lowest BCUT2D eigenvalue weighted by atomic mass is 10.1. The van der Waals surface area contributed by atoms with Gasteiger partial charge in [0.2, 0.25) is 0 Å². The monoisotopic (exact) mass is 487 g/mol. The van der Waals surface area contributed by atoms with Crippen molar-refractivity contribution < 1.29 is 27.6 Å². The van der Waals surface area contributed by atoms with Gasteiger partial charge in [-0.1, -0.05) is 24.3 Å². The third-order valence-corrected chi connectivity index (χ3v) is 6.31. The number of hydrogen-bond donors (Lipinski definition) is 1. The standard InChI is InChI=1S/C24H20F3N3O3S/c25-24(26,27)17-6-3-5-16(15-17)22(32)29-10-12-30(13-11-29)23(33)18-7-1-2-8-19(18)28-21(31)20-9-4-14-34-20/h1-9,14-15H,10-13H2,(H,28,31). The zero-order valence-electron chi connectivity index (χ0n) is 17.8. The molecule has 6 nitrogen and oxygen atoms in total. The highest BCUT2D eigenvalue weighted by Gasteiger charge is 2.32. The molecule has 0 saturated carbocycles. The first-order valence-electron chi connectivity index (χ1n) is 10.4. The summed E-state index contributed by atoms with van der Waals surface area (Å²) >= 11 is 1.29. The minimum atomic E-state index is -4.53. The minimum absolute atomic E-state index is 0.0452. The molecule has 4 rings (SSSR count). The van der Waals surface area contributed by atoms with Crippen LogP contribution in [0.1, 0.15) is 36.0 Å². The smallest absolute Gasteiger partial charge is 0.335 e. The predicted molar refractivity (Wildman–Crippen MR) is 122 cm³/mol. The lowest BCUT2D eigenvalue weighted by molar-refractivity contribution is -0.137. The van der Waals surface area contributed by atoms with Crippen molar-refractivity contribution in [2.75, 3.05) is 31.5 Å². The van der Waals surface area contributed by atoms with Gasteiger partial charge in [-0.25, -0.2) is 0 Å². The number of nitrogens with zero attached hydrogens (tertiary/aromatic N) is 2. The highest BCUT2D eigenvalue weighted by atomic mass is 32.1. The number of thiophene rings is 1. The third kappa shape index (κ3) is 5.12. The molecule has 176 valence electrons. The Morgan fingerprint density at radius 2 is 1.50 bits per heavy atom. The molecule has 10 heteroatoms. The van der Waals surface area contributed by atoms with Gasteiger partial charge in [0, 0.05) is 31.7 Å². The Hall–Kier alpha value is -3.66. The molecule has 1 saturated heterocycles. The zero-order chi connectivity index (χ0) is 24.3. The lowest BCUT2D eigenvalue weighted by Crippen LogP contribution is -2.50. The first-order valence-corrected chi connectivity index (χ1v) is 11.3. The van der Waals surface area contributed by atoms with Crippen molar-refractivity contribution >= 4 is 34.7 Å². The molecule has 2 heterocycles. The van der Waals surface area contributed by atoms with Gasteiger partial charge < -0.3 is 15.1 Å². The second kappa shape index (κ2) is 9.68. The van der Waals surface area contributed by atoms with E-state index in [0.29, 0.717) is 16.1 Å². The Bertz CT molecular complexity index is 1200. The van der Waals surface area contributed by atoms with E-state index in [1.807, 2.05) is 0 Å². The molecule has 0 unspecified atom stereocenters. The van der Waals surface area contributed by atoms with Crippen molar-refractivity contribution in [2.45, 2.75) is 6.18 Å². The number of anilines is 1. The summed E-state index contributed by atoms with van der Waals surface area (Å²) < 4.78 is 38.9. The van der Waals surface area contributed by atoms with Crippen LogP contribution < -0.4 is 5.32 Å². The number of benzene rings is 2. The molecule has 3 amide bonds. The molecule has 1 aromatic heterocycles. The van der Waals surface area contributed by atoms with E-state index >= 15 is 0 Å². The van der Waals surface area contributed by atoms with Gasteiger partial charge in [-0.15, -0.1) is 11.3 Å². The van der Waals surface area contributed by atoms with Crippen molar-refractivity contribution in [3.8, 4) is 0 Å². The number of carbonyl (C=O) groups is 3. The number of halogens is 3. The van der Waals surface area contributed by atoms with Crippen LogP contribution in [0.2, 0.25) is 0 Å². The maximum Gasteiger partial charge on any atom is 0.416 e. The molecule has 0 radical (unpaired) electrons. The number of amides is 3. The second-order valence-electron chi connectivity index (χ2n) is 7.64. The average Bonchev–Trinajstić information content (AvgIpc) is 3.38.